The van der Waals surface area contributed by atoms with Gasteiger partial charge in [0.05, 0.1) is 6.07 Å². The van der Waals surface area contributed by atoms with E-state index in [0.717, 1.165) is 12.8 Å². The van der Waals surface area contributed by atoms with E-state index in [-0.39, 0.29) is 5.78 Å². The van der Waals surface area contributed by atoms with E-state index in [2.05, 4.69) is 0 Å². The smallest absolute Gasteiger partial charge is 0.174 e. The number of allylic oxidation sites excluding steroid dienone is 2. The number of hydrogen-bond acceptors (Lipinski definition) is 2. The van der Waals surface area contributed by atoms with Gasteiger partial charge in [-0.15, -0.1) is 0 Å². The molecular weight excluding hydrogens is 150 g/mol. The van der Waals surface area contributed by atoms with E-state index in [1.807, 2.05) is 19.1 Å². The molecule has 0 aliphatic carbocycles. The van der Waals surface area contributed by atoms with Crippen LogP contribution in [0.5, 0.6) is 0 Å². The predicted octanol–water partition coefficient (Wildman–Crippen LogP) is 2.46. The second-order valence-electron chi connectivity index (χ2n) is 3.29. The van der Waals surface area contributed by atoms with Crippen molar-refractivity contribution >= 4 is 5.78 Å². The van der Waals surface area contributed by atoms with Gasteiger partial charge in [0.25, 0.3) is 0 Å². The quantitative estimate of drug-likeness (QED) is 0.600. The molecule has 0 aliphatic rings. The highest BCUT2D eigenvalue weighted by Crippen LogP contribution is 2.15. The number of carbonyl (C=O) groups excluding carboxylic acids is 1. The minimum Gasteiger partial charge on any atom is -0.293 e. The van der Waals surface area contributed by atoms with Gasteiger partial charge >= 0.3 is 0 Å². The summed E-state index contributed by atoms with van der Waals surface area (Å²) in [6, 6.07) is 1.97. The van der Waals surface area contributed by atoms with E-state index < -0.39 is 5.41 Å². The van der Waals surface area contributed by atoms with Gasteiger partial charge in [0.15, 0.2) is 5.78 Å². The van der Waals surface area contributed by atoms with Crippen molar-refractivity contribution in [3.05, 3.63) is 12.2 Å². The number of nitriles is 1. The van der Waals surface area contributed by atoms with E-state index in [9.17, 15) is 4.79 Å². The van der Waals surface area contributed by atoms with Crippen molar-refractivity contribution in [3.63, 3.8) is 0 Å². The summed E-state index contributed by atoms with van der Waals surface area (Å²) in [6.45, 7) is 5.31. The van der Waals surface area contributed by atoms with Gasteiger partial charge in [-0.25, -0.2) is 0 Å². The van der Waals surface area contributed by atoms with Gasteiger partial charge in [0.2, 0.25) is 0 Å². The summed E-state index contributed by atoms with van der Waals surface area (Å²) >= 11 is 0. The minimum atomic E-state index is -0.871. The molecule has 0 fully saturated rings. The fourth-order valence-corrected chi connectivity index (χ4v) is 0.620. The lowest BCUT2D eigenvalue weighted by molar-refractivity contribution is -0.119. The van der Waals surface area contributed by atoms with Gasteiger partial charge in [-0.3, -0.25) is 4.79 Å². The largest absolute Gasteiger partial charge is 0.293 e. The van der Waals surface area contributed by atoms with Crippen LogP contribution in [-0.2, 0) is 4.79 Å². The molecule has 0 atom stereocenters. The van der Waals surface area contributed by atoms with Crippen LogP contribution in [0.3, 0.4) is 0 Å². The van der Waals surface area contributed by atoms with Crippen molar-refractivity contribution in [1.82, 2.24) is 0 Å². The molecule has 0 heterocycles. The van der Waals surface area contributed by atoms with E-state index in [1.54, 1.807) is 13.8 Å². The van der Waals surface area contributed by atoms with Gasteiger partial charge in [0, 0.05) is 0 Å². The van der Waals surface area contributed by atoms with Gasteiger partial charge in [-0.2, -0.15) is 5.26 Å². The zero-order chi connectivity index (χ0) is 9.61. The summed E-state index contributed by atoms with van der Waals surface area (Å²) in [5.41, 5.74) is -0.871. The van der Waals surface area contributed by atoms with Gasteiger partial charge in [-0.1, -0.05) is 19.4 Å². The van der Waals surface area contributed by atoms with Crippen molar-refractivity contribution in [3.8, 4) is 6.07 Å². The van der Waals surface area contributed by atoms with Crippen LogP contribution in [0.4, 0.5) is 0 Å². The molecule has 0 N–H and O–H groups in total. The third kappa shape index (κ3) is 3.34. The molecular formula is C10H15NO. The maximum absolute atomic E-state index is 11.3. The number of carbonyl (C=O) groups is 1. The molecule has 0 aromatic rings. The van der Waals surface area contributed by atoms with E-state index in [0.29, 0.717) is 0 Å². The van der Waals surface area contributed by atoms with Crippen LogP contribution in [0.25, 0.3) is 0 Å². The van der Waals surface area contributed by atoms with Crippen LogP contribution in [0.1, 0.15) is 33.6 Å². The Labute approximate surface area is 73.9 Å². The van der Waals surface area contributed by atoms with E-state index in [1.165, 1.54) is 6.08 Å². The molecule has 0 amide bonds. The molecule has 66 valence electrons. The Morgan fingerprint density at radius 1 is 1.58 bits per heavy atom. The standard InChI is InChI=1S/C10H15NO/c1-4-5-6-7-9(12)10(2,3)8-11/h6-7H,4-5H2,1-3H3. The average Bonchev–Trinajstić information content (AvgIpc) is 2.05. The molecule has 12 heavy (non-hydrogen) atoms. The summed E-state index contributed by atoms with van der Waals surface area (Å²) in [7, 11) is 0. The molecule has 0 radical (unpaired) electrons. The molecule has 0 unspecified atom stereocenters. The lowest BCUT2D eigenvalue weighted by Gasteiger charge is -2.09. The molecule has 0 bridgehead atoms. The Hall–Kier alpha value is -1.10. The van der Waals surface area contributed by atoms with Gasteiger partial charge in [0.1, 0.15) is 5.41 Å². The average molecular weight is 165 g/mol. The normalized spacial score (nSPS) is 11.5. The zero-order valence-electron chi connectivity index (χ0n) is 7.92. The Balaban J connectivity index is 4.15. The van der Waals surface area contributed by atoms with Crippen LogP contribution < -0.4 is 0 Å². The molecule has 0 aromatic heterocycles. The Morgan fingerprint density at radius 3 is 2.58 bits per heavy atom. The monoisotopic (exact) mass is 165 g/mol. The topological polar surface area (TPSA) is 40.9 Å². The number of nitrogens with zero attached hydrogens (tertiary/aromatic N) is 1. The summed E-state index contributed by atoms with van der Waals surface area (Å²) < 4.78 is 0. The Kier molecular flexibility index (Phi) is 4.28. The Morgan fingerprint density at radius 2 is 2.17 bits per heavy atom. The molecule has 2 nitrogen and oxygen atoms in total. The van der Waals surface area contributed by atoms with Gasteiger partial charge in [-0.05, 0) is 26.3 Å². The SMILES string of the molecule is CCCC=CC(=O)C(C)(C)C#N. The second kappa shape index (κ2) is 4.71. The Bertz CT molecular complexity index is 220. The summed E-state index contributed by atoms with van der Waals surface area (Å²) in [5.74, 6) is -0.113. The molecule has 0 saturated heterocycles. The summed E-state index contributed by atoms with van der Waals surface area (Å²) in [4.78, 5) is 11.3. The van der Waals surface area contributed by atoms with Crippen molar-refractivity contribution in [2.45, 2.75) is 33.6 Å². The number of rotatable bonds is 4. The lowest BCUT2D eigenvalue weighted by Crippen LogP contribution is -2.19. The highest BCUT2D eigenvalue weighted by molar-refractivity contribution is 5.96. The highest BCUT2D eigenvalue weighted by Gasteiger charge is 2.24. The molecule has 0 spiro atoms. The lowest BCUT2D eigenvalue weighted by atomic mass is 9.90. The van der Waals surface area contributed by atoms with Crippen molar-refractivity contribution in [2.24, 2.45) is 5.41 Å². The second-order valence-corrected chi connectivity index (χ2v) is 3.29. The fourth-order valence-electron chi connectivity index (χ4n) is 0.620. The third-order valence-corrected chi connectivity index (χ3v) is 1.62. The highest BCUT2D eigenvalue weighted by atomic mass is 16.1. The van der Waals surface area contributed by atoms with Crippen LogP contribution >= 0.6 is 0 Å². The minimum absolute atomic E-state index is 0.113. The van der Waals surface area contributed by atoms with Crippen LogP contribution in [0, 0.1) is 16.7 Å². The van der Waals surface area contributed by atoms with Crippen LogP contribution in [0.15, 0.2) is 12.2 Å². The van der Waals surface area contributed by atoms with Crippen molar-refractivity contribution < 1.29 is 4.79 Å². The van der Waals surface area contributed by atoms with Crippen molar-refractivity contribution in [1.29, 1.82) is 5.26 Å². The number of unbranched alkanes of at least 4 members (excludes halogenated alkanes) is 1. The molecule has 2 heteroatoms. The molecule has 0 saturated carbocycles. The first-order valence-electron chi connectivity index (χ1n) is 4.17. The zero-order valence-corrected chi connectivity index (χ0v) is 7.92. The fraction of sp³-hybridized carbons (Fsp3) is 0.600. The van der Waals surface area contributed by atoms with Crippen molar-refractivity contribution in [2.75, 3.05) is 0 Å². The number of hydrogen-bond donors (Lipinski definition) is 0. The third-order valence-electron chi connectivity index (χ3n) is 1.62. The first-order chi connectivity index (χ1) is 5.54. The first kappa shape index (κ1) is 10.9. The molecule has 0 rings (SSSR count). The van der Waals surface area contributed by atoms with Crippen LogP contribution in [0.2, 0.25) is 0 Å². The molecule has 0 aliphatic heterocycles. The van der Waals surface area contributed by atoms with E-state index in [4.69, 9.17) is 5.26 Å². The molecule has 0 aromatic carbocycles. The first-order valence-corrected chi connectivity index (χ1v) is 4.17. The van der Waals surface area contributed by atoms with E-state index >= 15 is 0 Å². The number of ketones is 1. The summed E-state index contributed by atoms with van der Waals surface area (Å²) in [6.07, 6.45) is 5.25. The van der Waals surface area contributed by atoms with Gasteiger partial charge < -0.3 is 0 Å². The summed E-state index contributed by atoms with van der Waals surface area (Å²) in [5, 5.41) is 8.62. The van der Waals surface area contributed by atoms with Crippen LogP contribution in [-0.4, -0.2) is 5.78 Å². The predicted molar refractivity (Wildman–Crippen MR) is 48.4 cm³/mol. The maximum Gasteiger partial charge on any atom is 0.174 e. The maximum atomic E-state index is 11.3.